The normalized spacial score (nSPS) is 11.5. The molecule has 6 nitrogen and oxygen atoms in total. The van der Waals surface area contributed by atoms with Crippen LogP contribution in [0.25, 0.3) is 0 Å². The molecule has 0 spiro atoms. The average molecular weight is 376 g/mol. The van der Waals surface area contributed by atoms with E-state index in [9.17, 15) is 13.2 Å². The van der Waals surface area contributed by atoms with Crippen LogP contribution in [0.5, 0.6) is 0 Å². The molecule has 0 saturated carbocycles. The molecule has 0 aliphatic rings. The van der Waals surface area contributed by atoms with Gasteiger partial charge in [0, 0.05) is 26.2 Å². The van der Waals surface area contributed by atoms with Gasteiger partial charge in [0.05, 0.1) is 12.0 Å². The fraction of sp³-hybridized carbons (Fsp3) is 0.316. The Morgan fingerprint density at radius 1 is 1.00 bits per heavy atom. The highest BCUT2D eigenvalue weighted by atomic mass is 32.2. The van der Waals surface area contributed by atoms with Gasteiger partial charge in [0.25, 0.3) is 15.9 Å². The number of hydrogen-bond donors (Lipinski definition) is 0. The lowest BCUT2D eigenvalue weighted by molar-refractivity contribution is -0.0258. The number of amides is 1. The molecule has 2 aromatic carbocycles. The second-order valence-corrected chi connectivity index (χ2v) is 7.87. The van der Waals surface area contributed by atoms with Crippen LogP contribution in [0.2, 0.25) is 0 Å². The van der Waals surface area contributed by atoms with Crippen molar-refractivity contribution in [2.24, 2.45) is 0 Å². The Hall–Kier alpha value is -2.22. The molecular formula is C19H24N2O4S. The molecule has 0 aliphatic carbocycles. The minimum absolute atomic E-state index is 0.0742. The van der Waals surface area contributed by atoms with Gasteiger partial charge in [-0.15, -0.1) is 0 Å². The predicted octanol–water partition coefficient (Wildman–Crippen LogP) is 2.57. The van der Waals surface area contributed by atoms with Crippen molar-refractivity contribution in [1.29, 1.82) is 0 Å². The van der Waals surface area contributed by atoms with Gasteiger partial charge in [-0.05, 0) is 42.7 Å². The van der Waals surface area contributed by atoms with E-state index in [1.165, 1.54) is 44.0 Å². The zero-order valence-corrected chi connectivity index (χ0v) is 16.1. The van der Waals surface area contributed by atoms with Gasteiger partial charge in [-0.25, -0.2) is 8.42 Å². The molecule has 140 valence electrons. The molecule has 0 unspecified atom stereocenters. The summed E-state index contributed by atoms with van der Waals surface area (Å²) in [4.78, 5) is 18.9. The first-order valence-corrected chi connectivity index (χ1v) is 9.72. The predicted molar refractivity (Wildman–Crippen MR) is 100 cm³/mol. The second kappa shape index (κ2) is 8.93. The summed E-state index contributed by atoms with van der Waals surface area (Å²) in [6.07, 6.45) is 1.76. The Morgan fingerprint density at radius 2 is 1.62 bits per heavy atom. The highest BCUT2D eigenvalue weighted by Crippen LogP contribution is 2.16. The minimum Gasteiger partial charge on any atom is -0.342 e. The van der Waals surface area contributed by atoms with Crippen LogP contribution in [0.4, 0.5) is 0 Å². The van der Waals surface area contributed by atoms with Crippen LogP contribution in [0.1, 0.15) is 22.3 Å². The number of benzene rings is 2. The maximum atomic E-state index is 12.5. The molecule has 0 atom stereocenters. The summed E-state index contributed by atoms with van der Waals surface area (Å²) in [6, 6.07) is 16.0. The molecule has 7 heteroatoms. The SMILES string of the molecule is CON(C)S(=O)(=O)c1ccc(C(=O)N(C)CCCc2ccccc2)cc1. The number of hydrogen-bond acceptors (Lipinski definition) is 4. The highest BCUT2D eigenvalue weighted by molar-refractivity contribution is 7.89. The molecule has 0 heterocycles. The van der Waals surface area contributed by atoms with E-state index in [1.807, 2.05) is 18.2 Å². The lowest BCUT2D eigenvalue weighted by atomic mass is 10.1. The maximum Gasteiger partial charge on any atom is 0.264 e. The van der Waals surface area contributed by atoms with Crippen LogP contribution in [-0.2, 0) is 21.3 Å². The van der Waals surface area contributed by atoms with Gasteiger partial charge in [-0.2, -0.15) is 0 Å². The van der Waals surface area contributed by atoms with Crippen molar-refractivity contribution in [3.8, 4) is 0 Å². The first-order chi connectivity index (χ1) is 12.4. The Bertz CT molecular complexity index is 820. The smallest absolute Gasteiger partial charge is 0.264 e. The van der Waals surface area contributed by atoms with E-state index < -0.39 is 10.0 Å². The zero-order chi connectivity index (χ0) is 19.2. The summed E-state index contributed by atoms with van der Waals surface area (Å²) in [7, 11) is 0.628. The van der Waals surface area contributed by atoms with E-state index in [4.69, 9.17) is 4.84 Å². The van der Waals surface area contributed by atoms with Crippen molar-refractivity contribution >= 4 is 15.9 Å². The number of rotatable bonds is 8. The fourth-order valence-electron chi connectivity index (χ4n) is 2.50. The number of sulfonamides is 1. The molecule has 0 bridgehead atoms. The van der Waals surface area contributed by atoms with Crippen molar-refractivity contribution in [2.75, 3.05) is 27.7 Å². The standard InChI is InChI=1S/C19H24N2O4S/c1-20(15-7-10-16-8-5-4-6-9-16)19(22)17-11-13-18(14-12-17)26(23,24)21(2)25-3/h4-6,8-9,11-14H,7,10,15H2,1-3H3. The fourth-order valence-corrected chi connectivity index (χ4v) is 3.48. The third kappa shape index (κ3) is 4.91. The lowest BCUT2D eigenvalue weighted by Gasteiger charge is -2.18. The van der Waals surface area contributed by atoms with Gasteiger partial charge in [0.15, 0.2) is 0 Å². The third-order valence-electron chi connectivity index (χ3n) is 4.14. The summed E-state index contributed by atoms with van der Waals surface area (Å²) < 4.78 is 25.1. The van der Waals surface area contributed by atoms with Crippen LogP contribution in [0.3, 0.4) is 0 Å². The van der Waals surface area contributed by atoms with Crippen molar-refractivity contribution in [1.82, 2.24) is 9.37 Å². The number of carbonyl (C=O) groups excluding carboxylic acids is 1. The third-order valence-corrected chi connectivity index (χ3v) is 5.84. The molecule has 0 aromatic heterocycles. The molecule has 0 aliphatic heterocycles. The van der Waals surface area contributed by atoms with E-state index in [2.05, 4.69) is 12.1 Å². The van der Waals surface area contributed by atoms with Gasteiger partial charge in [0.2, 0.25) is 0 Å². The van der Waals surface area contributed by atoms with Gasteiger partial charge in [0.1, 0.15) is 0 Å². The van der Waals surface area contributed by atoms with Crippen molar-refractivity contribution < 1.29 is 18.0 Å². The van der Waals surface area contributed by atoms with Gasteiger partial charge < -0.3 is 4.90 Å². The molecule has 0 N–H and O–H groups in total. The zero-order valence-electron chi connectivity index (χ0n) is 15.3. The monoisotopic (exact) mass is 376 g/mol. The van der Waals surface area contributed by atoms with Crippen molar-refractivity contribution in [2.45, 2.75) is 17.7 Å². The highest BCUT2D eigenvalue weighted by Gasteiger charge is 2.21. The Morgan fingerprint density at radius 3 is 2.19 bits per heavy atom. The summed E-state index contributed by atoms with van der Waals surface area (Å²) in [5.74, 6) is -0.137. The second-order valence-electron chi connectivity index (χ2n) is 5.94. The van der Waals surface area contributed by atoms with Crippen LogP contribution >= 0.6 is 0 Å². The molecule has 0 radical (unpaired) electrons. The maximum absolute atomic E-state index is 12.5. The summed E-state index contributed by atoms with van der Waals surface area (Å²) in [5.41, 5.74) is 1.69. The van der Waals surface area contributed by atoms with E-state index >= 15 is 0 Å². The van der Waals surface area contributed by atoms with Crippen molar-refractivity contribution in [3.63, 3.8) is 0 Å². The number of hydroxylamine groups is 1. The quantitative estimate of drug-likeness (QED) is 0.664. The molecule has 0 fully saturated rings. The average Bonchev–Trinajstić information content (AvgIpc) is 2.67. The van der Waals surface area contributed by atoms with Crippen LogP contribution in [-0.4, -0.2) is 51.4 Å². The van der Waals surface area contributed by atoms with Crippen LogP contribution < -0.4 is 0 Å². The largest absolute Gasteiger partial charge is 0.342 e. The molecule has 2 aromatic rings. The number of nitrogens with zero attached hydrogens (tertiary/aromatic N) is 2. The lowest BCUT2D eigenvalue weighted by Crippen LogP contribution is -2.28. The van der Waals surface area contributed by atoms with E-state index in [-0.39, 0.29) is 10.8 Å². The van der Waals surface area contributed by atoms with Gasteiger partial charge in [-0.1, -0.05) is 34.8 Å². The van der Waals surface area contributed by atoms with Crippen molar-refractivity contribution in [3.05, 3.63) is 65.7 Å². The Balaban J connectivity index is 1.96. The van der Waals surface area contributed by atoms with E-state index in [0.717, 1.165) is 17.3 Å². The molecular weight excluding hydrogens is 352 g/mol. The van der Waals surface area contributed by atoms with E-state index in [1.54, 1.807) is 11.9 Å². The molecule has 2 rings (SSSR count). The summed E-state index contributed by atoms with van der Waals surface area (Å²) in [6.45, 7) is 0.625. The van der Waals surface area contributed by atoms with Crippen LogP contribution in [0, 0.1) is 0 Å². The Kier molecular flexibility index (Phi) is 6.90. The molecule has 1 amide bonds. The molecule has 26 heavy (non-hydrogen) atoms. The number of aryl methyl sites for hydroxylation is 1. The first-order valence-electron chi connectivity index (χ1n) is 8.28. The first kappa shape index (κ1) is 20.1. The summed E-state index contributed by atoms with van der Waals surface area (Å²) in [5, 5.41) is 0. The number of carbonyl (C=O) groups is 1. The molecule has 0 saturated heterocycles. The summed E-state index contributed by atoms with van der Waals surface area (Å²) >= 11 is 0. The van der Waals surface area contributed by atoms with Crippen LogP contribution in [0.15, 0.2) is 59.5 Å². The van der Waals surface area contributed by atoms with Gasteiger partial charge >= 0.3 is 0 Å². The Labute approximate surface area is 155 Å². The van der Waals surface area contributed by atoms with E-state index in [0.29, 0.717) is 12.1 Å². The van der Waals surface area contributed by atoms with Gasteiger partial charge in [-0.3, -0.25) is 9.63 Å². The minimum atomic E-state index is -3.71. The topological polar surface area (TPSA) is 66.9 Å².